The standard InChI is InChI=1S/C10H12BrNO2/c1-6-3-4-7(11)5-8(6)9(12)10(13)14-2/h3-5,9H,12H2,1-2H3. The number of carbonyl (C=O) groups is 1. The first-order chi connectivity index (χ1) is 6.56. The van der Waals surface area contributed by atoms with Gasteiger partial charge in [0.1, 0.15) is 6.04 Å². The molecule has 14 heavy (non-hydrogen) atoms. The van der Waals surface area contributed by atoms with Gasteiger partial charge in [0, 0.05) is 4.47 Å². The summed E-state index contributed by atoms with van der Waals surface area (Å²) < 4.78 is 5.48. The fourth-order valence-electron chi connectivity index (χ4n) is 1.20. The summed E-state index contributed by atoms with van der Waals surface area (Å²) in [6, 6.07) is 4.93. The van der Waals surface area contributed by atoms with Gasteiger partial charge in [0.25, 0.3) is 0 Å². The molecule has 0 amide bonds. The lowest BCUT2D eigenvalue weighted by atomic mass is 10.0. The van der Waals surface area contributed by atoms with Crippen molar-refractivity contribution in [2.75, 3.05) is 7.11 Å². The predicted octanol–water partition coefficient (Wildman–Crippen LogP) is 1.93. The third kappa shape index (κ3) is 2.33. The van der Waals surface area contributed by atoms with Gasteiger partial charge in [-0.2, -0.15) is 0 Å². The number of halogens is 1. The van der Waals surface area contributed by atoms with Gasteiger partial charge in [0.2, 0.25) is 0 Å². The van der Waals surface area contributed by atoms with Crippen molar-refractivity contribution in [3.8, 4) is 0 Å². The molecule has 1 aromatic rings. The molecule has 1 aromatic carbocycles. The second-order valence-corrected chi connectivity index (χ2v) is 3.92. The highest BCUT2D eigenvalue weighted by atomic mass is 79.9. The number of nitrogens with two attached hydrogens (primary N) is 1. The first-order valence-corrected chi connectivity index (χ1v) is 4.95. The van der Waals surface area contributed by atoms with Crippen LogP contribution in [-0.2, 0) is 9.53 Å². The summed E-state index contributed by atoms with van der Waals surface area (Å²) in [5, 5.41) is 0. The topological polar surface area (TPSA) is 52.3 Å². The van der Waals surface area contributed by atoms with E-state index in [4.69, 9.17) is 5.73 Å². The number of hydrogen-bond donors (Lipinski definition) is 1. The monoisotopic (exact) mass is 257 g/mol. The zero-order valence-electron chi connectivity index (χ0n) is 8.08. The smallest absolute Gasteiger partial charge is 0.327 e. The summed E-state index contributed by atoms with van der Waals surface area (Å²) in [7, 11) is 1.33. The molecule has 3 nitrogen and oxygen atoms in total. The van der Waals surface area contributed by atoms with Crippen LogP contribution in [0, 0.1) is 6.92 Å². The Morgan fingerprint density at radius 2 is 2.21 bits per heavy atom. The predicted molar refractivity (Wildman–Crippen MR) is 57.8 cm³/mol. The van der Waals surface area contributed by atoms with Crippen molar-refractivity contribution >= 4 is 21.9 Å². The number of esters is 1. The van der Waals surface area contributed by atoms with Crippen LogP contribution in [0.2, 0.25) is 0 Å². The molecule has 0 aliphatic carbocycles. The minimum Gasteiger partial charge on any atom is -0.468 e. The van der Waals surface area contributed by atoms with Crippen LogP contribution in [0.3, 0.4) is 0 Å². The summed E-state index contributed by atoms with van der Waals surface area (Å²) >= 11 is 3.33. The van der Waals surface area contributed by atoms with E-state index in [1.807, 2.05) is 25.1 Å². The summed E-state index contributed by atoms with van der Waals surface area (Å²) in [5.41, 5.74) is 7.48. The Balaban J connectivity index is 3.05. The van der Waals surface area contributed by atoms with Crippen molar-refractivity contribution in [2.45, 2.75) is 13.0 Å². The van der Waals surface area contributed by atoms with Crippen molar-refractivity contribution in [3.05, 3.63) is 33.8 Å². The zero-order valence-corrected chi connectivity index (χ0v) is 9.67. The van der Waals surface area contributed by atoms with E-state index in [9.17, 15) is 4.79 Å². The van der Waals surface area contributed by atoms with Gasteiger partial charge < -0.3 is 10.5 Å². The molecule has 0 bridgehead atoms. The minimum atomic E-state index is -0.711. The average Bonchev–Trinajstić information content (AvgIpc) is 2.19. The highest BCUT2D eigenvalue weighted by molar-refractivity contribution is 9.10. The van der Waals surface area contributed by atoms with E-state index >= 15 is 0 Å². The maximum Gasteiger partial charge on any atom is 0.327 e. The van der Waals surface area contributed by atoms with Gasteiger partial charge in [-0.05, 0) is 30.2 Å². The number of aryl methyl sites for hydroxylation is 1. The van der Waals surface area contributed by atoms with Crippen molar-refractivity contribution in [1.82, 2.24) is 0 Å². The van der Waals surface area contributed by atoms with Crippen LogP contribution in [-0.4, -0.2) is 13.1 Å². The Hall–Kier alpha value is -0.870. The van der Waals surface area contributed by atoms with Crippen molar-refractivity contribution in [2.24, 2.45) is 5.73 Å². The Kier molecular flexibility index (Phi) is 3.66. The van der Waals surface area contributed by atoms with Gasteiger partial charge in [-0.3, -0.25) is 4.79 Å². The lowest BCUT2D eigenvalue weighted by molar-refractivity contribution is -0.142. The van der Waals surface area contributed by atoms with Crippen LogP contribution in [0.15, 0.2) is 22.7 Å². The van der Waals surface area contributed by atoms with Crippen LogP contribution < -0.4 is 5.73 Å². The van der Waals surface area contributed by atoms with Crippen molar-refractivity contribution < 1.29 is 9.53 Å². The molecule has 4 heteroatoms. The molecule has 0 radical (unpaired) electrons. The third-order valence-corrected chi connectivity index (χ3v) is 2.52. The first-order valence-electron chi connectivity index (χ1n) is 4.15. The van der Waals surface area contributed by atoms with E-state index in [1.54, 1.807) is 0 Å². The molecule has 0 fully saturated rings. The largest absolute Gasteiger partial charge is 0.468 e. The van der Waals surface area contributed by atoms with Crippen LogP contribution in [0.25, 0.3) is 0 Å². The second kappa shape index (κ2) is 4.57. The second-order valence-electron chi connectivity index (χ2n) is 3.00. The van der Waals surface area contributed by atoms with E-state index in [0.29, 0.717) is 0 Å². The molecule has 0 aliphatic heterocycles. The number of hydrogen-bond acceptors (Lipinski definition) is 3. The third-order valence-electron chi connectivity index (χ3n) is 2.03. The number of benzene rings is 1. The molecular formula is C10H12BrNO2. The normalized spacial score (nSPS) is 12.3. The molecule has 0 saturated heterocycles. The van der Waals surface area contributed by atoms with Gasteiger partial charge in [0.15, 0.2) is 0 Å². The van der Waals surface area contributed by atoms with Gasteiger partial charge >= 0.3 is 5.97 Å². The highest BCUT2D eigenvalue weighted by Crippen LogP contribution is 2.21. The molecule has 0 saturated carbocycles. The summed E-state index contributed by atoms with van der Waals surface area (Å²) in [5.74, 6) is -0.425. The average molecular weight is 258 g/mol. The lowest BCUT2D eigenvalue weighted by Gasteiger charge is -2.12. The quantitative estimate of drug-likeness (QED) is 0.824. The SMILES string of the molecule is COC(=O)C(N)c1cc(Br)ccc1C. The van der Waals surface area contributed by atoms with E-state index in [2.05, 4.69) is 20.7 Å². The Bertz CT molecular complexity index is 352. The fraction of sp³-hybridized carbons (Fsp3) is 0.300. The molecule has 0 spiro atoms. The molecular weight excluding hydrogens is 246 g/mol. The Morgan fingerprint density at radius 1 is 1.57 bits per heavy atom. The minimum absolute atomic E-state index is 0.425. The van der Waals surface area contributed by atoms with Crippen LogP contribution in [0.4, 0.5) is 0 Å². The molecule has 1 unspecified atom stereocenters. The molecule has 1 rings (SSSR count). The number of ether oxygens (including phenoxy) is 1. The van der Waals surface area contributed by atoms with Crippen LogP contribution >= 0.6 is 15.9 Å². The lowest BCUT2D eigenvalue weighted by Crippen LogP contribution is -2.23. The van der Waals surface area contributed by atoms with Crippen molar-refractivity contribution in [3.63, 3.8) is 0 Å². The first kappa shape index (κ1) is 11.2. The maximum absolute atomic E-state index is 11.2. The van der Waals surface area contributed by atoms with Crippen LogP contribution in [0.1, 0.15) is 17.2 Å². The summed E-state index contributed by atoms with van der Waals surface area (Å²) in [6.45, 7) is 1.91. The van der Waals surface area contributed by atoms with Crippen LogP contribution in [0.5, 0.6) is 0 Å². The van der Waals surface area contributed by atoms with Gasteiger partial charge in [-0.15, -0.1) is 0 Å². The molecule has 0 aliphatic rings. The Morgan fingerprint density at radius 3 is 2.79 bits per heavy atom. The maximum atomic E-state index is 11.2. The molecule has 0 heterocycles. The van der Waals surface area contributed by atoms with E-state index in [1.165, 1.54) is 7.11 Å². The Labute approximate surface area is 91.4 Å². The molecule has 0 aromatic heterocycles. The van der Waals surface area contributed by atoms with Gasteiger partial charge in [0.05, 0.1) is 7.11 Å². The molecule has 2 N–H and O–H groups in total. The highest BCUT2D eigenvalue weighted by Gasteiger charge is 2.18. The molecule has 76 valence electrons. The number of methoxy groups -OCH3 is 1. The zero-order chi connectivity index (χ0) is 10.7. The fourth-order valence-corrected chi connectivity index (χ4v) is 1.58. The summed E-state index contributed by atoms with van der Waals surface area (Å²) in [4.78, 5) is 11.2. The van der Waals surface area contributed by atoms with E-state index in [-0.39, 0.29) is 0 Å². The number of rotatable bonds is 2. The van der Waals surface area contributed by atoms with Crippen molar-refractivity contribution in [1.29, 1.82) is 0 Å². The van der Waals surface area contributed by atoms with E-state index in [0.717, 1.165) is 15.6 Å². The number of carbonyl (C=O) groups excluding carboxylic acids is 1. The molecule has 1 atom stereocenters. The van der Waals surface area contributed by atoms with Gasteiger partial charge in [-0.25, -0.2) is 0 Å². The van der Waals surface area contributed by atoms with Gasteiger partial charge in [-0.1, -0.05) is 22.0 Å². The van der Waals surface area contributed by atoms with E-state index < -0.39 is 12.0 Å². The summed E-state index contributed by atoms with van der Waals surface area (Å²) in [6.07, 6.45) is 0.